The molecule has 7 nitrogen and oxygen atoms in total. The number of thiazole rings is 1. The molecule has 0 bridgehead atoms. The standard InChI is InChI=1S/C27H32N4O3S/c1-2-34-24-10-8-21(9-11-24)27-30-23(18-35-27)14-25(32)29-15-19-5-3-6-20(13-19)16-31-12-4-7-22(17-31)26(28)33/h3,5-6,8-11,13,18,22H,2,4,7,12,14-17H2,1H3,(H2,28,33)(H,29,32). The molecule has 3 N–H and O–H groups in total. The number of ether oxygens (including phenoxy) is 1. The number of aromatic nitrogens is 1. The predicted octanol–water partition coefficient (Wildman–Crippen LogP) is 3.77. The van der Waals surface area contributed by atoms with Crippen LogP contribution in [0.15, 0.2) is 53.9 Å². The largest absolute Gasteiger partial charge is 0.494 e. The summed E-state index contributed by atoms with van der Waals surface area (Å²) in [6.45, 7) is 5.51. The lowest BCUT2D eigenvalue weighted by molar-refractivity contribution is -0.123. The van der Waals surface area contributed by atoms with E-state index < -0.39 is 0 Å². The zero-order valence-electron chi connectivity index (χ0n) is 20.0. The van der Waals surface area contributed by atoms with Crippen molar-refractivity contribution in [3.05, 3.63) is 70.7 Å². The molecule has 1 saturated heterocycles. The topological polar surface area (TPSA) is 97.6 Å². The third-order valence-corrected chi connectivity index (χ3v) is 7.04. The third-order valence-electron chi connectivity index (χ3n) is 6.10. The number of hydrogen-bond donors (Lipinski definition) is 2. The van der Waals surface area contributed by atoms with E-state index >= 15 is 0 Å². The zero-order valence-corrected chi connectivity index (χ0v) is 20.9. The SMILES string of the molecule is CCOc1ccc(-c2nc(CC(=O)NCc3cccc(CN4CCCC(C(N)=O)C4)c3)cs2)cc1. The Balaban J connectivity index is 1.27. The Labute approximate surface area is 210 Å². The van der Waals surface area contributed by atoms with Crippen LogP contribution >= 0.6 is 11.3 Å². The van der Waals surface area contributed by atoms with Crippen molar-refractivity contribution in [1.29, 1.82) is 0 Å². The molecule has 2 aromatic carbocycles. The smallest absolute Gasteiger partial charge is 0.226 e. The first-order valence-electron chi connectivity index (χ1n) is 12.0. The van der Waals surface area contributed by atoms with Gasteiger partial charge in [-0.3, -0.25) is 14.5 Å². The second kappa shape index (κ2) is 12.0. The molecule has 4 rings (SSSR count). The van der Waals surface area contributed by atoms with Gasteiger partial charge in [0.15, 0.2) is 0 Å². The summed E-state index contributed by atoms with van der Waals surface area (Å²) in [5, 5.41) is 5.83. The summed E-state index contributed by atoms with van der Waals surface area (Å²) in [6.07, 6.45) is 2.11. The number of primary amides is 1. The van der Waals surface area contributed by atoms with Crippen molar-refractivity contribution >= 4 is 23.2 Å². The van der Waals surface area contributed by atoms with Crippen LogP contribution in [0.2, 0.25) is 0 Å². The van der Waals surface area contributed by atoms with E-state index in [1.807, 2.05) is 48.7 Å². The Kier molecular flexibility index (Phi) is 8.50. The lowest BCUT2D eigenvalue weighted by atomic mass is 9.97. The van der Waals surface area contributed by atoms with E-state index in [0.717, 1.165) is 53.5 Å². The van der Waals surface area contributed by atoms with Crippen molar-refractivity contribution in [3.63, 3.8) is 0 Å². The molecule has 1 aliphatic rings. The third kappa shape index (κ3) is 7.13. The molecule has 0 radical (unpaired) electrons. The second-order valence-corrected chi connectivity index (χ2v) is 9.71. The molecule has 2 heterocycles. The van der Waals surface area contributed by atoms with Gasteiger partial charge >= 0.3 is 0 Å². The summed E-state index contributed by atoms with van der Waals surface area (Å²) in [5.74, 6) is 0.506. The second-order valence-electron chi connectivity index (χ2n) is 8.85. The van der Waals surface area contributed by atoms with Crippen LogP contribution in [-0.2, 0) is 29.1 Å². The normalized spacial score (nSPS) is 16.1. The van der Waals surface area contributed by atoms with Crippen LogP contribution in [-0.4, -0.2) is 41.4 Å². The van der Waals surface area contributed by atoms with E-state index in [0.29, 0.717) is 19.7 Å². The molecule has 3 aromatic rings. The van der Waals surface area contributed by atoms with E-state index in [2.05, 4.69) is 27.3 Å². The van der Waals surface area contributed by atoms with E-state index in [4.69, 9.17) is 10.5 Å². The van der Waals surface area contributed by atoms with Gasteiger partial charge in [-0.15, -0.1) is 11.3 Å². The molecular formula is C27H32N4O3S. The number of nitrogens with zero attached hydrogens (tertiary/aromatic N) is 2. The van der Waals surface area contributed by atoms with Gasteiger partial charge in [-0.1, -0.05) is 24.3 Å². The highest BCUT2D eigenvalue weighted by Crippen LogP contribution is 2.26. The molecule has 1 aromatic heterocycles. The van der Waals surface area contributed by atoms with Crippen molar-refractivity contribution in [2.24, 2.45) is 11.7 Å². The summed E-state index contributed by atoms with van der Waals surface area (Å²) >= 11 is 1.53. The molecular weight excluding hydrogens is 460 g/mol. The molecule has 8 heteroatoms. The van der Waals surface area contributed by atoms with Gasteiger partial charge in [0.2, 0.25) is 11.8 Å². The minimum atomic E-state index is -0.210. The van der Waals surface area contributed by atoms with E-state index in [9.17, 15) is 9.59 Å². The number of piperidine rings is 1. The number of nitrogens with one attached hydrogen (secondary N) is 1. The van der Waals surface area contributed by atoms with Crippen LogP contribution in [0.5, 0.6) is 5.75 Å². The van der Waals surface area contributed by atoms with Crippen molar-refractivity contribution in [2.75, 3.05) is 19.7 Å². The van der Waals surface area contributed by atoms with Gasteiger partial charge in [-0.2, -0.15) is 0 Å². The average molecular weight is 493 g/mol. The van der Waals surface area contributed by atoms with Gasteiger partial charge in [0.25, 0.3) is 0 Å². The van der Waals surface area contributed by atoms with Crippen molar-refractivity contribution in [1.82, 2.24) is 15.2 Å². The summed E-state index contributed by atoms with van der Waals surface area (Å²) in [5.41, 5.74) is 9.49. The minimum Gasteiger partial charge on any atom is -0.494 e. The van der Waals surface area contributed by atoms with Gasteiger partial charge in [0, 0.05) is 30.6 Å². The maximum atomic E-state index is 12.5. The number of carbonyl (C=O) groups excluding carboxylic acids is 2. The molecule has 0 aliphatic carbocycles. The first kappa shape index (κ1) is 24.9. The van der Waals surface area contributed by atoms with Gasteiger partial charge in [0.05, 0.1) is 24.6 Å². The lowest BCUT2D eigenvalue weighted by Crippen LogP contribution is -2.40. The molecule has 0 saturated carbocycles. The number of benzene rings is 2. The maximum absolute atomic E-state index is 12.5. The molecule has 35 heavy (non-hydrogen) atoms. The fourth-order valence-corrected chi connectivity index (χ4v) is 5.16. The summed E-state index contributed by atoms with van der Waals surface area (Å²) in [6, 6.07) is 16.0. The first-order chi connectivity index (χ1) is 17.0. The van der Waals surface area contributed by atoms with Crippen molar-refractivity contribution < 1.29 is 14.3 Å². The molecule has 0 spiro atoms. The Morgan fingerprint density at radius 1 is 1.20 bits per heavy atom. The van der Waals surface area contributed by atoms with Crippen LogP contribution in [0.4, 0.5) is 0 Å². The summed E-state index contributed by atoms with van der Waals surface area (Å²) < 4.78 is 5.49. The number of nitrogens with two attached hydrogens (primary N) is 1. The first-order valence-corrected chi connectivity index (χ1v) is 12.9. The van der Waals surface area contributed by atoms with Crippen molar-refractivity contribution in [3.8, 4) is 16.3 Å². The fourth-order valence-electron chi connectivity index (χ4n) is 4.34. The van der Waals surface area contributed by atoms with Gasteiger partial charge in [-0.25, -0.2) is 4.98 Å². The molecule has 2 amide bonds. The van der Waals surface area contributed by atoms with Crippen molar-refractivity contribution in [2.45, 2.75) is 39.3 Å². The summed E-state index contributed by atoms with van der Waals surface area (Å²) in [7, 11) is 0. The number of carbonyl (C=O) groups is 2. The van der Waals surface area contributed by atoms with Gasteiger partial charge in [-0.05, 0) is 61.7 Å². The minimum absolute atomic E-state index is 0.0562. The van der Waals surface area contributed by atoms with Gasteiger partial charge < -0.3 is 15.8 Å². The number of rotatable bonds is 10. The highest BCUT2D eigenvalue weighted by Gasteiger charge is 2.23. The molecule has 1 unspecified atom stereocenters. The molecule has 1 aliphatic heterocycles. The monoisotopic (exact) mass is 492 g/mol. The van der Waals surface area contributed by atoms with Crippen LogP contribution in [0.1, 0.15) is 36.6 Å². The van der Waals surface area contributed by atoms with Crippen LogP contribution < -0.4 is 15.8 Å². The van der Waals surface area contributed by atoms with Crippen LogP contribution in [0.25, 0.3) is 10.6 Å². The number of amides is 2. The predicted molar refractivity (Wildman–Crippen MR) is 138 cm³/mol. The van der Waals surface area contributed by atoms with E-state index in [-0.39, 0.29) is 24.2 Å². The van der Waals surface area contributed by atoms with E-state index in [1.165, 1.54) is 16.9 Å². The molecule has 1 fully saturated rings. The molecule has 184 valence electrons. The Morgan fingerprint density at radius 3 is 2.77 bits per heavy atom. The fraction of sp³-hybridized carbons (Fsp3) is 0.370. The quantitative estimate of drug-likeness (QED) is 0.449. The Bertz CT molecular complexity index is 1150. The van der Waals surface area contributed by atoms with Crippen LogP contribution in [0.3, 0.4) is 0 Å². The van der Waals surface area contributed by atoms with E-state index in [1.54, 1.807) is 0 Å². The number of likely N-dealkylation sites (tertiary alicyclic amines) is 1. The Hall–Kier alpha value is -3.23. The molecule has 1 atom stereocenters. The Morgan fingerprint density at radius 2 is 2.00 bits per heavy atom. The maximum Gasteiger partial charge on any atom is 0.226 e. The average Bonchev–Trinajstić information content (AvgIpc) is 3.32. The van der Waals surface area contributed by atoms with Crippen LogP contribution in [0, 0.1) is 5.92 Å². The summed E-state index contributed by atoms with van der Waals surface area (Å²) in [4.78, 5) is 31.0. The highest BCUT2D eigenvalue weighted by atomic mass is 32.1. The number of hydrogen-bond acceptors (Lipinski definition) is 6. The lowest BCUT2D eigenvalue weighted by Gasteiger charge is -2.31. The highest BCUT2D eigenvalue weighted by molar-refractivity contribution is 7.13. The van der Waals surface area contributed by atoms with Gasteiger partial charge in [0.1, 0.15) is 10.8 Å². The zero-order chi connectivity index (χ0) is 24.6.